The molecule has 0 heterocycles. The molecule has 1 nitrogen and oxygen atoms in total. The van der Waals surface area contributed by atoms with Gasteiger partial charge in [-0.05, 0) is 31.1 Å². The molecule has 0 aliphatic heterocycles. The second kappa shape index (κ2) is 3.93. The lowest BCUT2D eigenvalue weighted by Crippen LogP contribution is -2.30. The third-order valence-corrected chi connectivity index (χ3v) is 4.23. The monoisotopic (exact) mass is 191 g/mol. The van der Waals surface area contributed by atoms with Crippen LogP contribution in [0.4, 0.5) is 0 Å². The van der Waals surface area contributed by atoms with Gasteiger partial charge in [0.2, 0.25) is 0 Å². The van der Waals surface area contributed by atoms with Gasteiger partial charge >= 0.3 is 0 Å². The van der Waals surface area contributed by atoms with E-state index in [4.69, 9.17) is 0 Å². The average molecular weight is 191 g/mol. The van der Waals surface area contributed by atoms with Crippen LogP contribution in [0.3, 0.4) is 0 Å². The number of nitriles is 1. The van der Waals surface area contributed by atoms with Gasteiger partial charge in [0.15, 0.2) is 0 Å². The van der Waals surface area contributed by atoms with Crippen LogP contribution in [0.1, 0.15) is 58.3 Å². The van der Waals surface area contributed by atoms with Crippen LogP contribution in [-0.4, -0.2) is 0 Å². The molecule has 14 heavy (non-hydrogen) atoms. The second-order valence-electron chi connectivity index (χ2n) is 5.59. The maximum atomic E-state index is 9.38. The summed E-state index contributed by atoms with van der Waals surface area (Å²) in [5.74, 6) is 1.67. The van der Waals surface area contributed by atoms with Gasteiger partial charge in [-0.2, -0.15) is 5.26 Å². The van der Waals surface area contributed by atoms with Gasteiger partial charge in [-0.25, -0.2) is 0 Å². The van der Waals surface area contributed by atoms with Crippen molar-refractivity contribution in [3.05, 3.63) is 0 Å². The van der Waals surface area contributed by atoms with E-state index in [1.54, 1.807) is 0 Å². The lowest BCUT2D eigenvalue weighted by Gasteiger charge is -2.39. The Morgan fingerprint density at radius 2 is 2.07 bits per heavy atom. The molecule has 0 aromatic rings. The Labute approximate surface area is 87.5 Å². The molecule has 0 aromatic heterocycles. The van der Waals surface area contributed by atoms with E-state index in [0.717, 1.165) is 11.8 Å². The fourth-order valence-electron chi connectivity index (χ4n) is 3.24. The summed E-state index contributed by atoms with van der Waals surface area (Å²) < 4.78 is 0. The summed E-state index contributed by atoms with van der Waals surface area (Å²) >= 11 is 0. The Morgan fingerprint density at radius 1 is 1.29 bits per heavy atom. The number of nitrogens with zero attached hydrogens (tertiary/aromatic N) is 1. The highest BCUT2D eigenvalue weighted by atomic mass is 14.4. The molecule has 1 heteroatoms. The predicted octanol–water partition coefficient (Wildman–Crippen LogP) is 3.90. The first-order valence-electron chi connectivity index (χ1n) is 6.15. The van der Waals surface area contributed by atoms with Crippen molar-refractivity contribution in [2.24, 2.45) is 17.3 Å². The van der Waals surface area contributed by atoms with Crippen LogP contribution in [0.15, 0.2) is 0 Å². The maximum Gasteiger partial charge on any atom is 0.0689 e. The van der Waals surface area contributed by atoms with Gasteiger partial charge in [0.05, 0.1) is 11.5 Å². The van der Waals surface area contributed by atoms with Crippen molar-refractivity contribution >= 4 is 0 Å². The summed E-state index contributed by atoms with van der Waals surface area (Å²) in [6.07, 6.45) is 10.3. The first-order valence-corrected chi connectivity index (χ1v) is 6.15. The van der Waals surface area contributed by atoms with Crippen LogP contribution in [-0.2, 0) is 0 Å². The highest BCUT2D eigenvalue weighted by Gasteiger charge is 2.38. The zero-order chi connectivity index (χ0) is 10.0. The lowest BCUT2D eigenvalue weighted by molar-refractivity contribution is 0.136. The molecule has 0 aromatic carbocycles. The Bertz CT molecular complexity index is 236. The summed E-state index contributed by atoms with van der Waals surface area (Å²) in [5, 5.41) is 9.38. The lowest BCUT2D eigenvalue weighted by atomic mass is 9.64. The Hall–Kier alpha value is -0.510. The van der Waals surface area contributed by atoms with Gasteiger partial charge in [0, 0.05) is 0 Å². The molecule has 2 atom stereocenters. The third kappa shape index (κ3) is 1.95. The van der Waals surface area contributed by atoms with E-state index in [-0.39, 0.29) is 5.41 Å². The molecule has 0 bridgehead atoms. The molecule has 0 radical (unpaired) electrons. The van der Waals surface area contributed by atoms with Crippen LogP contribution >= 0.6 is 0 Å². The fourth-order valence-corrected chi connectivity index (χ4v) is 3.24. The first-order chi connectivity index (χ1) is 6.74. The smallest absolute Gasteiger partial charge is 0.0689 e. The topological polar surface area (TPSA) is 23.8 Å². The first kappa shape index (κ1) is 10.0. The summed E-state index contributed by atoms with van der Waals surface area (Å²) in [7, 11) is 0. The van der Waals surface area contributed by atoms with Crippen LogP contribution in [0.25, 0.3) is 0 Å². The van der Waals surface area contributed by atoms with Gasteiger partial charge in [-0.1, -0.05) is 39.0 Å². The van der Waals surface area contributed by atoms with Crippen LogP contribution in [0.5, 0.6) is 0 Å². The molecule has 2 fully saturated rings. The zero-order valence-corrected chi connectivity index (χ0v) is 9.26. The summed E-state index contributed by atoms with van der Waals surface area (Å²) in [6, 6.07) is 2.65. The molecule has 0 spiro atoms. The largest absolute Gasteiger partial charge is 0.198 e. The minimum absolute atomic E-state index is 0.0722. The van der Waals surface area contributed by atoms with E-state index in [1.807, 2.05) is 0 Å². The van der Waals surface area contributed by atoms with Gasteiger partial charge in [-0.15, -0.1) is 0 Å². The standard InChI is InChI=1S/C13H21N/c1-11-4-3-7-13(8-11,10-14)9-12-5-2-6-12/h11-12H,2-9H2,1H3. The number of hydrogen-bond acceptors (Lipinski definition) is 1. The SMILES string of the molecule is CC1CCCC(C#N)(CC2CCC2)C1. The van der Waals surface area contributed by atoms with Gasteiger partial charge in [-0.3, -0.25) is 0 Å². The van der Waals surface area contributed by atoms with E-state index in [0.29, 0.717) is 0 Å². The molecule has 2 saturated carbocycles. The fraction of sp³-hybridized carbons (Fsp3) is 0.923. The van der Waals surface area contributed by atoms with Crippen molar-refractivity contribution < 1.29 is 0 Å². The highest BCUT2D eigenvalue weighted by Crippen LogP contribution is 2.46. The molecule has 0 amide bonds. The quantitative estimate of drug-likeness (QED) is 0.649. The molecular weight excluding hydrogens is 170 g/mol. The van der Waals surface area contributed by atoms with E-state index in [2.05, 4.69) is 13.0 Å². The summed E-state index contributed by atoms with van der Waals surface area (Å²) in [6.45, 7) is 2.31. The molecule has 0 N–H and O–H groups in total. The van der Waals surface area contributed by atoms with Crippen molar-refractivity contribution in [3.8, 4) is 6.07 Å². The molecule has 2 aliphatic rings. The molecule has 2 rings (SSSR count). The van der Waals surface area contributed by atoms with Gasteiger partial charge < -0.3 is 0 Å². The maximum absolute atomic E-state index is 9.38. The van der Waals surface area contributed by atoms with Gasteiger partial charge in [0.1, 0.15) is 0 Å². The summed E-state index contributed by atoms with van der Waals surface area (Å²) in [5.41, 5.74) is 0.0722. The van der Waals surface area contributed by atoms with Crippen LogP contribution in [0.2, 0.25) is 0 Å². The van der Waals surface area contributed by atoms with Crippen molar-refractivity contribution in [1.82, 2.24) is 0 Å². The average Bonchev–Trinajstić information content (AvgIpc) is 2.12. The molecule has 2 aliphatic carbocycles. The second-order valence-corrected chi connectivity index (χ2v) is 5.59. The van der Waals surface area contributed by atoms with Crippen molar-refractivity contribution in [2.45, 2.75) is 58.3 Å². The molecule has 0 saturated heterocycles. The van der Waals surface area contributed by atoms with E-state index in [9.17, 15) is 5.26 Å². The van der Waals surface area contributed by atoms with E-state index >= 15 is 0 Å². The number of rotatable bonds is 2. The Kier molecular flexibility index (Phi) is 2.81. The number of hydrogen-bond donors (Lipinski definition) is 0. The third-order valence-electron chi connectivity index (χ3n) is 4.23. The highest BCUT2D eigenvalue weighted by molar-refractivity contribution is 5.03. The molecule has 2 unspecified atom stereocenters. The van der Waals surface area contributed by atoms with Crippen LogP contribution in [0, 0.1) is 28.6 Å². The van der Waals surface area contributed by atoms with Gasteiger partial charge in [0.25, 0.3) is 0 Å². The van der Waals surface area contributed by atoms with Crippen LogP contribution < -0.4 is 0 Å². The van der Waals surface area contributed by atoms with Crippen molar-refractivity contribution in [2.75, 3.05) is 0 Å². The molecule has 78 valence electrons. The predicted molar refractivity (Wildman–Crippen MR) is 57.6 cm³/mol. The zero-order valence-electron chi connectivity index (χ0n) is 9.26. The van der Waals surface area contributed by atoms with E-state index in [1.165, 1.54) is 51.4 Å². The van der Waals surface area contributed by atoms with E-state index < -0.39 is 0 Å². The minimum atomic E-state index is 0.0722. The summed E-state index contributed by atoms with van der Waals surface area (Å²) in [4.78, 5) is 0. The van der Waals surface area contributed by atoms with Crippen molar-refractivity contribution in [1.29, 1.82) is 5.26 Å². The molecular formula is C13H21N. The Balaban J connectivity index is 1.97. The Morgan fingerprint density at radius 3 is 2.57 bits per heavy atom. The minimum Gasteiger partial charge on any atom is -0.198 e. The normalized spacial score (nSPS) is 38.7. The van der Waals surface area contributed by atoms with Crippen molar-refractivity contribution in [3.63, 3.8) is 0 Å².